The number of hydrogen-bond donors (Lipinski definition) is 0. The van der Waals surface area contributed by atoms with E-state index in [9.17, 15) is 0 Å². The summed E-state index contributed by atoms with van der Waals surface area (Å²) in [6, 6.07) is 13.1. The highest BCUT2D eigenvalue weighted by molar-refractivity contribution is 7.12. The van der Waals surface area contributed by atoms with Crippen LogP contribution in [0.25, 0.3) is 0 Å². The van der Waals surface area contributed by atoms with E-state index in [1.54, 1.807) is 0 Å². The monoisotopic (exact) mass is 395 g/mol. The zero-order valence-electron chi connectivity index (χ0n) is 18.3. The largest absolute Gasteiger partial charge is 0.466 e. The van der Waals surface area contributed by atoms with Crippen molar-refractivity contribution in [1.82, 2.24) is 4.98 Å². The Bertz CT molecular complexity index is 909. The molecule has 150 valence electrons. The molecular formula is C25H33NOS. The van der Waals surface area contributed by atoms with Crippen LogP contribution in [0.3, 0.4) is 0 Å². The topological polar surface area (TPSA) is 26.0 Å². The maximum atomic E-state index is 6.15. The highest BCUT2D eigenvalue weighted by atomic mass is 32.1. The van der Waals surface area contributed by atoms with Gasteiger partial charge in [0.1, 0.15) is 11.5 Å². The Morgan fingerprint density at radius 2 is 1.61 bits per heavy atom. The Morgan fingerprint density at radius 1 is 0.857 bits per heavy atom. The van der Waals surface area contributed by atoms with Gasteiger partial charge in [0.25, 0.3) is 0 Å². The van der Waals surface area contributed by atoms with Crippen LogP contribution in [0.2, 0.25) is 0 Å². The third-order valence-electron chi connectivity index (χ3n) is 5.40. The molecule has 0 spiro atoms. The molecular weight excluding hydrogens is 362 g/mol. The van der Waals surface area contributed by atoms with Crippen molar-refractivity contribution < 1.29 is 4.42 Å². The number of rotatable bonds is 6. The molecule has 3 aromatic rings. The molecule has 3 heterocycles. The van der Waals surface area contributed by atoms with Crippen LogP contribution in [0.5, 0.6) is 0 Å². The molecule has 0 amide bonds. The maximum Gasteiger partial charge on any atom is 0.109 e. The van der Waals surface area contributed by atoms with Gasteiger partial charge < -0.3 is 4.42 Å². The minimum Gasteiger partial charge on any atom is -0.466 e. The van der Waals surface area contributed by atoms with Gasteiger partial charge in [-0.15, -0.1) is 11.3 Å². The molecule has 0 saturated carbocycles. The fourth-order valence-corrected chi connectivity index (χ4v) is 4.87. The minimum atomic E-state index is 0.0500. The van der Waals surface area contributed by atoms with E-state index in [4.69, 9.17) is 4.42 Å². The Hall–Kier alpha value is -1.87. The van der Waals surface area contributed by atoms with Crippen LogP contribution in [0, 0.1) is 0 Å². The zero-order valence-corrected chi connectivity index (χ0v) is 19.1. The average molecular weight is 396 g/mol. The number of furan rings is 1. The lowest BCUT2D eigenvalue weighted by Gasteiger charge is -2.25. The predicted octanol–water partition coefficient (Wildman–Crippen LogP) is 7.07. The maximum absolute atomic E-state index is 6.15. The first kappa shape index (κ1) is 20.9. The molecule has 0 radical (unpaired) electrons. The lowest BCUT2D eigenvalue weighted by molar-refractivity contribution is 0.365. The number of nitrogens with zero attached hydrogens (tertiary/aromatic N) is 1. The summed E-state index contributed by atoms with van der Waals surface area (Å²) in [6.07, 6.45) is 5.76. The van der Waals surface area contributed by atoms with Crippen molar-refractivity contribution >= 4 is 11.3 Å². The van der Waals surface area contributed by atoms with Gasteiger partial charge in [-0.25, -0.2) is 0 Å². The number of thiophene rings is 1. The van der Waals surface area contributed by atoms with E-state index < -0.39 is 0 Å². The van der Waals surface area contributed by atoms with Crippen LogP contribution in [-0.4, -0.2) is 4.98 Å². The Labute approximate surface area is 174 Å². The fraction of sp³-hybridized carbons (Fsp3) is 0.480. The second-order valence-corrected chi connectivity index (χ2v) is 11.3. The summed E-state index contributed by atoms with van der Waals surface area (Å²) in [5, 5.41) is 0. The van der Waals surface area contributed by atoms with Crippen molar-refractivity contribution in [3.05, 3.63) is 75.6 Å². The molecule has 3 rings (SSSR count). The number of pyridine rings is 1. The van der Waals surface area contributed by atoms with Crippen molar-refractivity contribution in [2.24, 2.45) is 0 Å². The van der Waals surface area contributed by atoms with Gasteiger partial charge in [-0.2, -0.15) is 0 Å². The molecule has 0 fully saturated rings. The van der Waals surface area contributed by atoms with E-state index in [0.29, 0.717) is 0 Å². The van der Waals surface area contributed by atoms with E-state index in [2.05, 4.69) is 83.8 Å². The molecule has 2 nitrogen and oxygen atoms in total. The van der Waals surface area contributed by atoms with Gasteiger partial charge in [0.15, 0.2) is 0 Å². The van der Waals surface area contributed by atoms with Crippen LogP contribution in [0.4, 0.5) is 0 Å². The standard InChI is InChI=1S/C25H33NOS/c1-23(2,3)21-12-10-19(27-21)15-25(6,7)22-13-11-20(28-22)16-24(4,5)18-9-8-14-26-17-18/h8-14,17H,15-16H2,1-7H3. The zero-order chi connectivity index (χ0) is 20.6. The van der Waals surface area contributed by atoms with Crippen molar-refractivity contribution in [2.45, 2.75) is 77.6 Å². The lowest BCUT2D eigenvalue weighted by Crippen LogP contribution is -2.20. The van der Waals surface area contributed by atoms with Gasteiger partial charge in [-0.05, 0) is 47.7 Å². The molecule has 0 aliphatic carbocycles. The molecule has 0 atom stereocenters. The molecule has 28 heavy (non-hydrogen) atoms. The van der Waals surface area contributed by atoms with E-state index in [1.165, 1.54) is 15.3 Å². The van der Waals surface area contributed by atoms with E-state index in [-0.39, 0.29) is 16.2 Å². The van der Waals surface area contributed by atoms with Crippen LogP contribution in [0.15, 0.2) is 53.2 Å². The van der Waals surface area contributed by atoms with E-state index >= 15 is 0 Å². The summed E-state index contributed by atoms with van der Waals surface area (Å²) in [7, 11) is 0. The summed E-state index contributed by atoms with van der Waals surface area (Å²) in [5.41, 5.74) is 1.46. The van der Waals surface area contributed by atoms with Crippen molar-refractivity contribution in [1.29, 1.82) is 0 Å². The van der Waals surface area contributed by atoms with Gasteiger partial charge >= 0.3 is 0 Å². The van der Waals surface area contributed by atoms with Gasteiger partial charge in [-0.1, -0.05) is 54.5 Å². The summed E-state index contributed by atoms with van der Waals surface area (Å²) in [4.78, 5) is 7.13. The van der Waals surface area contributed by atoms with Crippen LogP contribution in [0.1, 0.15) is 75.3 Å². The first-order valence-electron chi connectivity index (χ1n) is 10.1. The Morgan fingerprint density at radius 3 is 2.21 bits per heavy atom. The molecule has 0 bridgehead atoms. The normalized spacial score (nSPS) is 13.1. The fourth-order valence-electron chi connectivity index (χ4n) is 3.54. The second-order valence-electron chi connectivity index (χ2n) is 10.1. The highest BCUT2D eigenvalue weighted by Gasteiger charge is 2.28. The van der Waals surface area contributed by atoms with Crippen molar-refractivity contribution in [3.8, 4) is 0 Å². The molecule has 3 heteroatoms. The quantitative estimate of drug-likeness (QED) is 0.446. The number of aromatic nitrogens is 1. The average Bonchev–Trinajstić information content (AvgIpc) is 3.24. The third kappa shape index (κ3) is 4.75. The van der Waals surface area contributed by atoms with Crippen molar-refractivity contribution in [2.75, 3.05) is 0 Å². The molecule has 0 N–H and O–H groups in total. The smallest absolute Gasteiger partial charge is 0.109 e. The molecule has 0 aliphatic heterocycles. The van der Waals surface area contributed by atoms with Gasteiger partial charge in [0.05, 0.1) is 0 Å². The van der Waals surface area contributed by atoms with Crippen LogP contribution < -0.4 is 0 Å². The molecule has 0 aromatic carbocycles. The van der Waals surface area contributed by atoms with E-state index in [1.807, 2.05) is 29.8 Å². The lowest BCUT2D eigenvalue weighted by atomic mass is 9.82. The minimum absolute atomic E-state index is 0.0500. The molecule has 0 saturated heterocycles. The van der Waals surface area contributed by atoms with E-state index in [0.717, 1.165) is 24.4 Å². The molecule has 3 aromatic heterocycles. The van der Waals surface area contributed by atoms with Gasteiger partial charge in [0, 0.05) is 39.4 Å². The Balaban J connectivity index is 1.74. The van der Waals surface area contributed by atoms with Gasteiger partial charge in [0.2, 0.25) is 0 Å². The molecule has 0 aliphatic rings. The number of hydrogen-bond acceptors (Lipinski definition) is 3. The van der Waals surface area contributed by atoms with Crippen molar-refractivity contribution in [3.63, 3.8) is 0 Å². The van der Waals surface area contributed by atoms with Crippen LogP contribution >= 0.6 is 11.3 Å². The first-order chi connectivity index (χ1) is 13.0. The summed E-state index contributed by atoms with van der Waals surface area (Å²) >= 11 is 1.93. The highest BCUT2D eigenvalue weighted by Crippen LogP contribution is 2.37. The summed E-state index contributed by atoms with van der Waals surface area (Å²) < 4.78 is 6.15. The van der Waals surface area contributed by atoms with Gasteiger partial charge in [-0.3, -0.25) is 4.98 Å². The summed E-state index contributed by atoms with van der Waals surface area (Å²) in [5.74, 6) is 2.13. The SMILES string of the molecule is CC(C)(C)c1ccc(CC(C)(C)c2ccc(CC(C)(C)c3cccnc3)s2)o1. The Kier molecular flexibility index (Phi) is 5.60. The summed E-state index contributed by atoms with van der Waals surface area (Å²) in [6.45, 7) is 15.8. The molecule has 0 unspecified atom stereocenters. The van der Waals surface area contributed by atoms with Crippen LogP contribution in [-0.2, 0) is 29.1 Å². The predicted molar refractivity (Wildman–Crippen MR) is 119 cm³/mol. The first-order valence-corrected chi connectivity index (χ1v) is 10.9. The third-order valence-corrected chi connectivity index (χ3v) is 6.86. The second kappa shape index (κ2) is 7.51.